The normalized spacial score (nSPS) is 20.8. The van der Waals surface area contributed by atoms with Crippen molar-refractivity contribution in [3.63, 3.8) is 0 Å². The molecule has 33 heavy (non-hydrogen) atoms. The number of hydrogen-bond donors (Lipinski definition) is 1. The van der Waals surface area contributed by atoms with Crippen LogP contribution in [0.1, 0.15) is 44.1 Å². The van der Waals surface area contributed by atoms with Gasteiger partial charge in [0.1, 0.15) is 0 Å². The number of carbonyl (C=O) groups is 1. The van der Waals surface area contributed by atoms with Gasteiger partial charge < -0.3 is 10.6 Å². The van der Waals surface area contributed by atoms with Gasteiger partial charge in [-0.05, 0) is 55.5 Å². The fourth-order valence-electron chi connectivity index (χ4n) is 5.09. The van der Waals surface area contributed by atoms with Crippen molar-refractivity contribution in [2.24, 2.45) is 5.73 Å². The summed E-state index contributed by atoms with van der Waals surface area (Å²) in [6, 6.07) is 15.1. The van der Waals surface area contributed by atoms with E-state index >= 15 is 0 Å². The summed E-state index contributed by atoms with van der Waals surface area (Å²) in [6.07, 6.45) is 6.00. The van der Waals surface area contributed by atoms with E-state index in [9.17, 15) is 13.2 Å². The third-order valence-electron chi connectivity index (χ3n) is 6.77. The van der Waals surface area contributed by atoms with Gasteiger partial charge in [0.2, 0.25) is 15.9 Å². The lowest BCUT2D eigenvalue weighted by Crippen LogP contribution is -2.50. The van der Waals surface area contributed by atoms with Gasteiger partial charge in [0.05, 0.1) is 10.9 Å². The predicted octanol–water partition coefficient (Wildman–Crippen LogP) is 3.83. The van der Waals surface area contributed by atoms with Gasteiger partial charge in [0, 0.05) is 30.2 Å². The van der Waals surface area contributed by atoms with Crippen LogP contribution in [0, 0.1) is 0 Å². The smallest absolute Gasteiger partial charge is 0.243 e. The molecule has 2 aromatic carbocycles. The minimum atomic E-state index is -3.65. The lowest BCUT2D eigenvalue weighted by molar-refractivity contribution is -0.131. The van der Waals surface area contributed by atoms with Crippen LogP contribution in [0.3, 0.4) is 0 Å². The number of sulfonamides is 1. The van der Waals surface area contributed by atoms with Gasteiger partial charge in [-0.15, -0.1) is 0 Å². The second-order valence-electron chi connectivity index (χ2n) is 9.10. The molecule has 0 radical (unpaired) electrons. The third-order valence-corrected chi connectivity index (χ3v) is 9.05. The fourth-order valence-corrected chi connectivity index (χ4v) is 7.12. The molecule has 2 aliphatic rings. The second-order valence-corrected chi connectivity index (χ2v) is 11.4. The Balaban J connectivity index is 1.50. The molecule has 1 aliphatic heterocycles. The van der Waals surface area contributed by atoms with E-state index in [0.29, 0.717) is 35.8 Å². The summed E-state index contributed by atoms with van der Waals surface area (Å²) in [5.41, 5.74) is 7.20. The first-order chi connectivity index (χ1) is 15.9. The Kier molecular flexibility index (Phi) is 7.74. The van der Waals surface area contributed by atoms with Crippen LogP contribution >= 0.6 is 11.6 Å². The monoisotopic (exact) mass is 489 g/mol. The van der Waals surface area contributed by atoms with E-state index in [2.05, 4.69) is 0 Å². The zero-order chi connectivity index (χ0) is 23.4. The summed E-state index contributed by atoms with van der Waals surface area (Å²) in [6.45, 7) is 0.904. The van der Waals surface area contributed by atoms with Crippen LogP contribution in [-0.2, 0) is 21.2 Å². The predicted molar refractivity (Wildman–Crippen MR) is 130 cm³/mol. The van der Waals surface area contributed by atoms with E-state index in [0.717, 1.165) is 37.7 Å². The van der Waals surface area contributed by atoms with Crippen LogP contribution in [0.25, 0.3) is 0 Å². The number of nitrogens with two attached hydrogens (primary N) is 1. The SMILES string of the molecule is N[C@H](Cc1ccc(Cl)cc1)C(=O)N1CC[C@H](N(C2CCCCC2)S(=O)(=O)c2ccccc2)C1. The van der Waals surface area contributed by atoms with E-state index in [1.54, 1.807) is 45.6 Å². The molecule has 0 aromatic heterocycles. The quantitative estimate of drug-likeness (QED) is 0.640. The number of rotatable bonds is 7. The summed E-state index contributed by atoms with van der Waals surface area (Å²) in [5, 5.41) is 0.642. The molecule has 6 nitrogen and oxygen atoms in total. The minimum Gasteiger partial charge on any atom is -0.340 e. The van der Waals surface area contributed by atoms with E-state index in [4.69, 9.17) is 17.3 Å². The van der Waals surface area contributed by atoms with E-state index in [1.165, 1.54) is 0 Å². The third kappa shape index (κ3) is 5.60. The highest BCUT2D eigenvalue weighted by atomic mass is 35.5. The number of nitrogens with zero attached hydrogens (tertiary/aromatic N) is 2. The second kappa shape index (κ2) is 10.6. The number of hydrogen-bond acceptors (Lipinski definition) is 4. The number of halogens is 1. The van der Waals surface area contributed by atoms with Gasteiger partial charge in [0.25, 0.3) is 0 Å². The summed E-state index contributed by atoms with van der Waals surface area (Å²) in [4.78, 5) is 15.1. The van der Waals surface area contributed by atoms with Gasteiger partial charge in [-0.2, -0.15) is 4.31 Å². The maximum absolute atomic E-state index is 13.7. The average molecular weight is 490 g/mol. The molecule has 1 aliphatic carbocycles. The molecule has 0 unspecified atom stereocenters. The van der Waals surface area contributed by atoms with Crippen LogP contribution in [0.4, 0.5) is 0 Å². The first-order valence-corrected chi connectivity index (χ1v) is 13.6. The Morgan fingerprint density at radius 3 is 2.33 bits per heavy atom. The molecule has 2 atom stereocenters. The van der Waals surface area contributed by atoms with Crippen LogP contribution in [0.2, 0.25) is 5.02 Å². The number of amides is 1. The van der Waals surface area contributed by atoms with Gasteiger partial charge in [-0.1, -0.05) is 61.2 Å². The summed E-state index contributed by atoms with van der Waals surface area (Å²) in [5.74, 6) is -0.131. The molecule has 4 rings (SSSR count). The summed E-state index contributed by atoms with van der Waals surface area (Å²) < 4.78 is 29.1. The summed E-state index contributed by atoms with van der Waals surface area (Å²) >= 11 is 5.94. The molecule has 178 valence electrons. The average Bonchev–Trinajstić information content (AvgIpc) is 3.30. The van der Waals surface area contributed by atoms with Crippen LogP contribution in [0.15, 0.2) is 59.5 Å². The molecule has 1 saturated heterocycles. The van der Waals surface area contributed by atoms with Crippen molar-refractivity contribution in [2.75, 3.05) is 13.1 Å². The molecule has 2 aromatic rings. The van der Waals surface area contributed by atoms with Crippen molar-refractivity contribution in [1.29, 1.82) is 0 Å². The fraction of sp³-hybridized carbons (Fsp3) is 0.480. The van der Waals surface area contributed by atoms with Crippen LogP contribution in [0.5, 0.6) is 0 Å². The largest absolute Gasteiger partial charge is 0.340 e. The molecule has 1 amide bonds. The Hall–Kier alpha value is -1.93. The number of benzene rings is 2. The molecule has 0 spiro atoms. The van der Waals surface area contributed by atoms with Crippen molar-refractivity contribution >= 4 is 27.5 Å². The Bertz CT molecular complexity index is 1040. The van der Waals surface area contributed by atoms with Gasteiger partial charge in [0.15, 0.2) is 0 Å². The summed E-state index contributed by atoms with van der Waals surface area (Å²) in [7, 11) is -3.65. The molecular formula is C25H32ClN3O3S. The van der Waals surface area contributed by atoms with E-state index in [-0.39, 0.29) is 18.0 Å². The highest BCUT2D eigenvalue weighted by Crippen LogP contribution is 2.32. The standard InChI is InChI=1S/C25H32ClN3O3S/c26-20-13-11-19(12-14-20)17-24(27)25(30)28-16-15-22(18-28)29(21-7-3-1-4-8-21)33(31,32)23-9-5-2-6-10-23/h2,5-6,9-14,21-22,24H,1,3-4,7-8,15-18,27H2/t22-,24+/m0/s1. The van der Waals surface area contributed by atoms with Crippen molar-refractivity contribution in [3.05, 3.63) is 65.2 Å². The van der Waals surface area contributed by atoms with Gasteiger partial charge in [-0.3, -0.25) is 4.79 Å². The maximum atomic E-state index is 13.7. The van der Waals surface area contributed by atoms with Crippen LogP contribution in [-0.4, -0.2) is 54.7 Å². The molecule has 0 bridgehead atoms. The molecule has 8 heteroatoms. The lowest BCUT2D eigenvalue weighted by atomic mass is 9.95. The molecule has 1 heterocycles. The number of carbonyl (C=O) groups excluding carboxylic acids is 1. The Morgan fingerprint density at radius 2 is 1.67 bits per heavy atom. The maximum Gasteiger partial charge on any atom is 0.243 e. The van der Waals surface area contributed by atoms with E-state index in [1.807, 2.05) is 18.2 Å². The minimum absolute atomic E-state index is 0.0215. The molecular weight excluding hydrogens is 458 g/mol. The molecule has 2 N–H and O–H groups in total. The van der Waals surface area contributed by atoms with Crippen molar-refractivity contribution in [1.82, 2.24) is 9.21 Å². The molecule has 1 saturated carbocycles. The highest BCUT2D eigenvalue weighted by Gasteiger charge is 2.42. The topological polar surface area (TPSA) is 83.7 Å². The van der Waals surface area contributed by atoms with Gasteiger partial charge >= 0.3 is 0 Å². The number of likely N-dealkylation sites (tertiary alicyclic amines) is 1. The lowest BCUT2D eigenvalue weighted by Gasteiger charge is -2.37. The Labute approximate surface area is 201 Å². The highest BCUT2D eigenvalue weighted by molar-refractivity contribution is 7.89. The van der Waals surface area contributed by atoms with Crippen molar-refractivity contribution < 1.29 is 13.2 Å². The Morgan fingerprint density at radius 1 is 1.00 bits per heavy atom. The van der Waals surface area contributed by atoms with Crippen LogP contribution < -0.4 is 5.73 Å². The van der Waals surface area contributed by atoms with E-state index < -0.39 is 16.1 Å². The molecule has 2 fully saturated rings. The first-order valence-electron chi connectivity index (χ1n) is 11.7. The zero-order valence-corrected chi connectivity index (χ0v) is 20.3. The zero-order valence-electron chi connectivity index (χ0n) is 18.8. The first kappa shape index (κ1) is 24.2. The van der Waals surface area contributed by atoms with Crippen molar-refractivity contribution in [2.45, 2.75) is 68.0 Å². The van der Waals surface area contributed by atoms with Gasteiger partial charge in [-0.25, -0.2) is 8.42 Å². The van der Waals surface area contributed by atoms with Crippen molar-refractivity contribution in [3.8, 4) is 0 Å².